The average Bonchev–Trinajstić information content (AvgIpc) is 2.45. The van der Waals surface area contributed by atoms with Crippen molar-refractivity contribution < 1.29 is 0 Å². The predicted octanol–water partition coefficient (Wildman–Crippen LogP) is 2.77. The average molecular weight is 174 g/mol. The Bertz CT molecular complexity index is 427. The van der Waals surface area contributed by atoms with Crippen LogP contribution < -0.4 is 0 Å². The number of aromatic nitrogens is 2. The molecule has 0 saturated carbocycles. The largest absolute Gasteiger partial charge is 0.240 e. The highest BCUT2D eigenvalue weighted by Crippen LogP contribution is 2.20. The van der Waals surface area contributed by atoms with Crippen LogP contribution in [0.15, 0.2) is 24.4 Å². The maximum absolute atomic E-state index is 4.53. The first-order chi connectivity index (χ1) is 6.20. The molecule has 2 rings (SSSR count). The third-order valence-corrected chi connectivity index (χ3v) is 2.37. The summed E-state index contributed by atoms with van der Waals surface area (Å²) >= 11 is 0. The summed E-state index contributed by atoms with van der Waals surface area (Å²) in [6.07, 6.45) is 1.99. The number of hydrogen-bond acceptors (Lipinski definition) is 1. The van der Waals surface area contributed by atoms with Crippen LogP contribution in [-0.4, -0.2) is 9.61 Å². The summed E-state index contributed by atoms with van der Waals surface area (Å²) in [6.45, 7) is 6.49. The molecular formula is C11H14N2. The monoisotopic (exact) mass is 174 g/mol. The van der Waals surface area contributed by atoms with Crippen LogP contribution in [0.4, 0.5) is 0 Å². The van der Waals surface area contributed by atoms with E-state index < -0.39 is 0 Å². The van der Waals surface area contributed by atoms with Crippen LogP contribution in [-0.2, 0) is 0 Å². The first kappa shape index (κ1) is 8.30. The fraction of sp³-hybridized carbons (Fsp3) is 0.364. The highest BCUT2D eigenvalue weighted by molar-refractivity contribution is 5.56. The van der Waals surface area contributed by atoms with Crippen molar-refractivity contribution in [2.24, 2.45) is 0 Å². The molecule has 0 radical (unpaired) electrons. The van der Waals surface area contributed by atoms with Crippen molar-refractivity contribution in [2.45, 2.75) is 26.7 Å². The number of hydrogen-bond donors (Lipinski definition) is 0. The normalized spacial score (nSPS) is 11.4. The van der Waals surface area contributed by atoms with Crippen LogP contribution in [0.2, 0.25) is 0 Å². The van der Waals surface area contributed by atoms with E-state index in [0.29, 0.717) is 5.92 Å². The zero-order valence-corrected chi connectivity index (χ0v) is 8.28. The second kappa shape index (κ2) is 2.87. The molecule has 0 unspecified atom stereocenters. The van der Waals surface area contributed by atoms with Crippen molar-refractivity contribution in [3.8, 4) is 0 Å². The van der Waals surface area contributed by atoms with Gasteiger partial charge in [-0.25, -0.2) is 4.52 Å². The number of pyridine rings is 1. The Labute approximate surface area is 78.2 Å². The molecule has 2 aromatic heterocycles. The van der Waals surface area contributed by atoms with Gasteiger partial charge in [-0.2, -0.15) is 5.10 Å². The quantitative estimate of drug-likeness (QED) is 0.649. The van der Waals surface area contributed by atoms with Gasteiger partial charge in [-0.3, -0.25) is 0 Å². The van der Waals surface area contributed by atoms with Gasteiger partial charge >= 0.3 is 0 Å². The molecule has 0 fully saturated rings. The van der Waals surface area contributed by atoms with E-state index in [9.17, 15) is 0 Å². The van der Waals surface area contributed by atoms with Gasteiger partial charge in [0.05, 0.1) is 11.2 Å². The smallest absolute Gasteiger partial charge is 0.0693 e. The molecule has 0 aliphatic rings. The lowest BCUT2D eigenvalue weighted by Gasteiger charge is -1.99. The van der Waals surface area contributed by atoms with Crippen molar-refractivity contribution >= 4 is 5.52 Å². The summed E-state index contributed by atoms with van der Waals surface area (Å²) in [7, 11) is 0. The van der Waals surface area contributed by atoms with Crippen molar-refractivity contribution in [3.05, 3.63) is 35.7 Å². The first-order valence-electron chi connectivity index (χ1n) is 4.64. The van der Waals surface area contributed by atoms with Gasteiger partial charge in [-0.15, -0.1) is 0 Å². The molecule has 0 bridgehead atoms. The Morgan fingerprint density at radius 2 is 2.08 bits per heavy atom. The van der Waals surface area contributed by atoms with E-state index in [-0.39, 0.29) is 0 Å². The molecule has 0 saturated heterocycles. The molecule has 2 heterocycles. The molecule has 0 aromatic carbocycles. The minimum Gasteiger partial charge on any atom is -0.240 e. The Morgan fingerprint density at radius 3 is 2.69 bits per heavy atom. The number of rotatable bonds is 1. The van der Waals surface area contributed by atoms with E-state index in [1.807, 2.05) is 22.8 Å². The van der Waals surface area contributed by atoms with Crippen LogP contribution in [0.1, 0.15) is 31.0 Å². The van der Waals surface area contributed by atoms with E-state index in [1.54, 1.807) is 0 Å². The zero-order chi connectivity index (χ0) is 9.42. The fourth-order valence-corrected chi connectivity index (χ4v) is 1.69. The highest BCUT2D eigenvalue weighted by Gasteiger charge is 2.10. The Hall–Kier alpha value is -1.31. The van der Waals surface area contributed by atoms with Crippen molar-refractivity contribution in [1.82, 2.24) is 9.61 Å². The lowest BCUT2D eigenvalue weighted by atomic mass is 10.1. The van der Waals surface area contributed by atoms with Gasteiger partial charge in [-0.05, 0) is 30.5 Å². The van der Waals surface area contributed by atoms with Gasteiger partial charge in [-0.1, -0.05) is 19.9 Å². The Balaban J connectivity index is 2.74. The van der Waals surface area contributed by atoms with E-state index in [1.165, 1.54) is 16.8 Å². The summed E-state index contributed by atoms with van der Waals surface area (Å²) in [5.74, 6) is 0.500. The first-order valence-corrected chi connectivity index (χ1v) is 4.64. The van der Waals surface area contributed by atoms with Gasteiger partial charge in [0.1, 0.15) is 0 Å². The molecule has 0 atom stereocenters. The molecule has 0 amide bonds. The second-order valence-electron chi connectivity index (χ2n) is 3.70. The van der Waals surface area contributed by atoms with Gasteiger partial charge in [0, 0.05) is 6.20 Å². The summed E-state index contributed by atoms with van der Waals surface area (Å²) in [5.41, 5.74) is 3.72. The second-order valence-corrected chi connectivity index (χ2v) is 3.70. The Kier molecular flexibility index (Phi) is 1.83. The van der Waals surface area contributed by atoms with Crippen LogP contribution in [0.5, 0.6) is 0 Å². The van der Waals surface area contributed by atoms with E-state index in [2.05, 4.69) is 31.9 Å². The number of fused-ring (bicyclic) bond motifs is 1. The molecule has 0 spiro atoms. The summed E-state index contributed by atoms with van der Waals surface area (Å²) in [6, 6.07) is 6.16. The van der Waals surface area contributed by atoms with Crippen molar-refractivity contribution in [2.75, 3.05) is 0 Å². The van der Waals surface area contributed by atoms with Crippen LogP contribution in [0.3, 0.4) is 0 Å². The lowest BCUT2D eigenvalue weighted by Crippen LogP contribution is -1.91. The minimum absolute atomic E-state index is 0.500. The summed E-state index contributed by atoms with van der Waals surface area (Å²) in [5, 5.41) is 4.53. The van der Waals surface area contributed by atoms with Crippen LogP contribution in [0.25, 0.3) is 5.52 Å². The topological polar surface area (TPSA) is 17.3 Å². The fourth-order valence-electron chi connectivity index (χ4n) is 1.69. The summed E-state index contributed by atoms with van der Waals surface area (Å²) < 4.78 is 1.95. The molecule has 2 nitrogen and oxygen atoms in total. The molecule has 0 aliphatic heterocycles. The summed E-state index contributed by atoms with van der Waals surface area (Å²) in [4.78, 5) is 0. The number of nitrogens with zero attached hydrogens (tertiary/aromatic N) is 2. The minimum atomic E-state index is 0.500. The molecule has 13 heavy (non-hydrogen) atoms. The third kappa shape index (κ3) is 1.22. The van der Waals surface area contributed by atoms with Gasteiger partial charge in [0.15, 0.2) is 0 Å². The number of aryl methyl sites for hydroxylation is 1. The van der Waals surface area contributed by atoms with Gasteiger partial charge < -0.3 is 0 Å². The molecular weight excluding hydrogens is 160 g/mol. The van der Waals surface area contributed by atoms with Crippen LogP contribution in [0, 0.1) is 6.92 Å². The van der Waals surface area contributed by atoms with Crippen LogP contribution >= 0.6 is 0 Å². The molecule has 2 heteroatoms. The van der Waals surface area contributed by atoms with Gasteiger partial charge in [0.25, 0.3) is 0 Å². The van der Waals surface area contributed by atoms with E-state index >= 15 is 0 Å². The standard InChI is InChI=1S/C11H14N2/c1-8(2)11-9(3)10-6-4-5-7-13(10)12-11/h4-8H,1-3H3. The van der Waals surface area contributed by atoms with E-state index in [4.69, 9.17) is 0 Å². The van der Waals surface area contributed by atoms with Crippen molar-refractivity contribution in [3.63, 3.8) is 0 Å². The Morgan fingerprint density at radius 1 is 1.31 bits per heavy atom. The molecule has 0 N–H and O–H groups in total. The van der Waals surface area contributed by atoms with Crippen molar-refractivity contribution in [1.29, 1.82) is 0 Å². The molecule has 68 valence electrons. The van der Waals surface area contributed by atoms with E-state index in [0.717, 1.165) is 0 Å². The molecule has 2 aromatic rings. The maximum atomic E-state index is 4.53. The third-order valence-electron chi connectivity index (χ3n) is 2.37. The van der Waals surface area contributed by atoms with Gasteiger partial charge in [0.2, 0.25) is 0 Å². The molecule has 0 aliphatic carbocycles. The predicted molar refractivity (Wildman–Crippen MR) is 54.0 cm³/mol. The highest BCUT2D eigenvalue weighted by atomic mass is 15.2. The lowest BCUT2D eigenvalue weighted by molar-refractivity contribution is 0.783. The maximum Gasteiger partial charge on any atom is 0.0693 e. The zero-order valence-electron chi connectivity index (χ0n) is 8.28. The SMILES string of the molecule is Cc1c(C(C)C)nn2ccccc12.